The summed E-state index contributed by atoms with van der Waals surface area (Å²) in [6.07, 6.45) is 0. The molecular formula is C27H18N2O6. The van der Waals surface area contributed by atoms with E-state index in [0.29, 0.717) is 22.5 Å². The molecule has 5 rings (SSSR count). The molecule has 0 saturated heterocycles. The maximum Gasteiger partial charge on any atom is 0.336 e. The fraction of sp³-hybridized carbons (Fsp3) is 0.0370. The van der Waals surface area contributed by atoms with E-state index in [0.717, 1.165) is 0 Å². The first-order valence-electron chi connectivity index (χ1n) is 10.7. The Morgan fingerprint density at radius 2 is 1.40 bits per heavy atom. The highest BCUT2D eigenvalue weighted by Gasteiger charge is 2.45. The Labute approximate surface area is 199 Å². The Kier molecular flexibility index (Phi) is 5.25. The zero-order valence-corrected chi connectivity index (χ0v) is 18.2. The normalized spacial score (nSPS) is 14.9. The van der Waals surface area contributed by atoms with Crippen LogP contribution in [0.2, 0.25) is 0 Å². The number of fused-ring (bicyclic) bond motifs is 1. The molecule has 3 N–H and O–H groups in total. The summed E-state index contributed by atoms with van der Waals surface area (Å²) < 4.78 is 0. The summed E-state index contributed by atoms with van der Waals surface area (Å²) >= 11 is 0. The number of nitrogens with one attached hydrogen (secondary N) is 1. The molecule has 0 spiro atoms. The molecule has 2 aliphatic heterocycles. The SMILES string of the molecule is O=C1NC(c2ccccc2)=C2C(=O)N(Cc3cc(C(=O)O)ccc3C(=O)O)C(c3ccccc3)=C12. The van der Waals surface area contributed by atoms with Gasteiger partial charge >= 0.3 is 11.9 Å². The van der Waals surface area contributed by atoms with Crippen molar-refractivity contribution in [1.82, 2.24) is 10.2 Å². The minimum atomic E-state index is -1.25. The minimum Gasteiger partial charge on any atom is -0.478 e. The van der Waals surface area contributed by atoms with Crippen LogP contribution in [0, 0.1) is 0 Å². The van der Waals surface area contributed by atoms with Gasteiger partial charge in [0, 0.05) is 0 Å². The van der Waals surface area contributed by atoms with E-state index in [-0.39, 0.29) is 34.4 Å². The van der Waals surface area contributed by atoms with Gasteiger partial charge in [0.25, 0.3) is 11.8 Å². The van der Waals surface area contributed by atoms with Gasteiger partial charge in [-0.2, -0.15) is 0 Å². The molecule has 0 radical (unpaired) electrons. The number of benzene rings is 3. The van der Waals surface area contributed by atoms with Gasteiger partial charge in [-0.05, 0) is 34.9 Å². The monoisotopic (exact) mass is 466 g/mol. The van der Waals surface area contributed by atoms with Gasteiger partial charge in [0.15, 0.2) is 0 Å². The topological polar surface area (TPSA) is 124 Å². The quantitative estimate of drug-likeness (QED) is 0.512. The minimum absolute atomic E-state index is 0.104. The first-order chi connectivity index (χ1) is 16.9. The van der Waals surface area contributed by atoms with Crippen LogP contribution in [0.4, 0.5) is 0 Å². The summed E-state index contributed by atoms with van der Waals surface area (Å²) in [6.45, 7) is -0.228. The average molecular weight is 466 g/mol. The number of hydrogen-bond donors (Lipinski definition) is 3. The number of amides is 2. The molecule has 2 aliphatic rings. The second-order valence-electron chi connectivity index (χ2n) is 8.03. The van der Waals surface area contributed by atoms with Crippen molar-refractivity contribution in [2.75, 3.05) is 0 Å². The van der Waals surface area contributed by atoms with Crippen LogP contribution in [0.25, 0.3) is 11.4 Å². The molecule has 3 aromatic carbocycles. The van der Waals surface area contributed by atoms with Crippen LogP contribution >= 0.6 is 0 Å². The van der Waals surface area contributed by atoms with Crippen molar-refractivity contribution in [2.24, 2.45) is 0 Å². The first-order valence-corrected chi connectivity index (χ1v) is 10.7. The van der Waals surface area contributed by atoms with Gasteiger partial charge in [-0.25, -0.2) is 9.59 Å². The van der Waals surface area contributed by atoms with E-state index in [1.54, 1.807) is 54.6 Å². The van der Waals surface area contributed by atoms with Crippen molar-refractivity contribution in [3.63, 3.8) is 0 Å². The summed E-state index contributed by atoms with van der Waals surface area (Å²) in [5.74, 6) is -3.39. The van der Waals surface area contributed by atoms with Crippen LogP contribution < -0.4 is 5.32 Å². The highest BCUT2D eigenvalue weighted by Crippen LogP contribution is 2.43. The number of carbonyl (C=O) groups is 4. The van der Waals surface area contributed by atoms with Crippen molar-refractivity contribution in [1.29, 1.82) is 0 Å². The zero-order chi connectivity index (χ0) is 24.7. The predicted octanol–water partition coefficient (Wildman–Crippen LogP) is 3.38. The van der Waals surface area contributed by atoms with Crippen LogP contribution in [0.1, 0.15) is 37.4 Å². The van der Waals surface area contributed by atoms with E-state index in [4.69, 9.17) is 0 Å². The molecule has 2 heterocycles. The molecule has 0 aromatic heterocycles. The molecule has 0 fully saturated rings. The molecule has 2 amide bonds. The van der Waals surface area contributed by atoms with Crippen LogP contribution in [0.3, 0.4) is 0 Å². The molecule has 0 unspecified atom stereocenters. The third-order valence-electron chi connectivity index (χ3n) is 5.95. The lowest BCUT2D eigenvalue weighted by atomic mass is 10.0. The Hall–Kier alpha value is -4.98. The average Bonchev–Trinajstić information content (AvgIpc) is 3.35. The fourth-order valence-electron chi connectivity index (χ4n) is 4.39. The number of rotatable bonds is 6. The largest absolute Gasteiger partial charge is 0.478 e. The summed E-state index contributed by atoms with van der Waals surface area (Å²) in [6, 6.07) is 21.5. The number of carboxylic acids is 2. The maximum absolute atomic E-state index is 13.8. The van der Waals surface area contributed by atoms with Crippen molar-refractivity contribution in [2.45, 2.75) is 6.54 Å². The van der Waals surface area contributed by atoms with Gasteiger partial charge in [-0.1, -0.05) is 60.7 Å². The summed E-state index contributed by atoms with van der Waals surface area (Å²) in [5.41, 5.74) is 2.29. The summed E-state index contributed by atoms with van der Waals surface area (Å²) in [5, 5.41) is 21.9. The molecule has 8 heteroatoms. The van der Waals surface area contributed by atoms with E-state index in [9.17, 15) is 29.4 Å². The smallest absolute Gasteiger partial charge is 0.336 e. The Morgan fingerprint density at radius 1 is 0.771 bits per heavy atom. The summed E-state index contributed by atoms with van der Waals surface area (Å²) in [7, 11) is 0. The molecule has 3 aromatic rings. The van der Waals surface area contributed by atoms with Crippen molar-refractivity contribution < 1.29 is 29.4 Å². The van der Waals surface area contributed by atoms with Crippen LogP contribution in [0.15, 0.2) is 90.0 Å². The maximum atomic E-state index is 13.8. The highest BCUT2D eigenvalue weighted by atomic mass is 16.4. The van der Waals surface area contributed by atoms with Crippen LogP contribution in [0.5, 0.6) is 0 Å². The number of hydrogen-bond acceptors (Lipinski definition) is 4. The molecule has 0 bridgehead atoms. The van der Waals surface area contributed by atoms with Crippen molar-refractivity contribution in [3.05, 3.63) is 118 Å². The zero-order valence-electron chi connectivity index (χ0n) is 18.2. The van der Waals surface area contributed by atoms with E-state index in [1.165, 1.54) is 23.1 Å². The van der Waals surface area contributed by atoms with Crippen LogP contribution in [-0.2, 0) is 16.1 Å². The standard InChI is InChI=1S/C27H18N2O6/c30-24-21-20(22(28-24)15-7-3-1-4-8-15)25(31)29(23(21)16-9-5-2-6-10-16)14-18-13-17(26(32)33)11-12-19(18)27(34)35/h1-13H,14H2,(H,28,30)(H,32,33)(H,34,35). The fourth-order valence-corrected chi connectivity index (χ4v) is 4.39. The predicted molar refractivity (Wildman–Crippen MR) is 126 cm³/mol. The lowest BCUT2D eigenvalue weighted by Gasteiger charge is -2.23. The number of carbonyl (C=O) groups excluding carboxylic acids is 2. The highest BCUT2D eigenvalue weighted by molar-refractivity contribution is 6.30. The molecule has 0 aliphatic carbocycles. The van der Waals surface area contributed by atoms with Crippen LogP contribution in [-0.4, -0.2) is 38.9 Å². The first kappa shape index (κ1) is 21.8. The van der Waals surface area contributed by atoms with Gasteiger partial charge in [-0.15, -0.1) is 0 Å². The Balaban J connectivity index is 1.71. The molecule has 35 heavy (non-hydrogen) atoms. The molecule has 8 nitrogen and oxygen atoms in total. The third kappa shape index (κ3) is 3.67. The van der Waals surface area contributed by atoms with Gasteiger partial charge in [-0.3, -0.25) is 9.59 Å². The lowest BCUT2D eigenvalue weighted by molar-refractivity contribution is -0.123. The van der Waals surface area contributed by atoms with Gasteiger partial charge in [0.05, 0.1) is 40.2 Å². The van der Waals surface area contributed by atoms with Gasteiger partial charge in [0.2, 0.25) is 0 Å². The lowest BCUT2D eigenvalue weighted by Crippen LogP contribution is -2.28. The van der Waals surface area contributed by atoms with Gasteiger partial charge in [0.1, 0.15) is 0 Å². The molecular weight excluding hydrogens is 448 g/mol. The Bertz CT molecular complexity index is 1470. The van der Waals surface area contributed by atoms with Crippen molar-refractivity contribution >= 4 is 35.1 Å². The van der Waals surface area contributed by atoms with E-state index >= 15 is 0 Å². The van der Waals surface area contributed by atoms with Gasteiger partial charge < -0.3 is 20.4 Å². The van der Waals surface area contributed by atoms with Crippen molar-refractivity contribution in [3.8, 4) is 0 Å². The molecule has 0 saturated carbocycles. The van der Waals surface area contributed by atoms with E-state index < -0.39 is 23.8 Å². The molecule has 172 valence electrons. The molecule has 0 atom stereocenters. The van der Waals surface area contributed by atoms with E-state index in [1.807, 2.05) is 6.07 Å². The number of aromatic carboxylic acids is 2. The number of nitrogens with zero attached hydrogens (tertiary/aromatic N) is 1. The van der Waals surface area contributed by atoms with E-state index in [2.05, 4.69) is 5.32 Å². The second-order valence-corrected chi connectivity index (χ2v) is 8.03. The third-order valence-corrected chi connectivity index (χ3v) is 5.95. The summed E-state index contributed by atoms with van der Waals surface area (Å²) in [4.78, 5) is 51.6. The Morgan fingerprint density at radius 3 is 2.00 bits per heavy atom. The number of carboxylic acid groups (broad SMARTS) is 2. The second kappa shape index (κ2) is 8.42.